The first-order chi connectivity index (χ1) is 18.9. The van der Waals surface area contributed by atoms with Crippen LogP contribution in [0.25, 0.3) is 21.3 Å². The number of carbonyl (C=O) groups excluding carboxylic acids is 1. The molecular formula is C29H23N5O4S. The monoisotopic (exact) mass is 537 g/mol. The molecule has 6 rings (SSSR count). The molecule has 0 atom stereocenters. The van der Waals surface area contributed by atoms with Crippen LogP contribution in [0.4, 0.5) is 10.9 Å². The van der Waals surface area contributed by atoms with E-state index in [1.165, 1.54) is 11.3 Å². The van der Waals surface area contributed by atoms with Gasteiger partial charge in [-0.3, -0.25) is 15.1 Å². The van der Waals surface area contributed by atoms with E-state index >= 15 is 0 Å². The molecule has 0 saturated carbocycles. The smallest absolute Gasteiger partial charge is 0.355 e. The Morgan fingerprint density at radius 1 is 0.974 bits per heavy atom. The van der Waals surface area contributed by atoms with Crippen molar-refractivity contribution >= 4 is 44.4 Å². The van der Waals surface area contributed by atoms with Gasteiger partial charge in [0.25, 0.3) is 5.91 Å². The lowest BCUT2D eigenvalue weighted by Gasteiger charge is -2.31. The molecule has 9 nitrogen and oxygen atoms in total. The number of benzene rings is 2. The largest absolute Gasteiger partial charge is 0.508 e. The highest BCUT2D eigenvalue weighted by Crippen LogP contribution is 2.33. The minimum atomic E-state index is -1.16. The number of aromatic hydroxyl groups is 1. The number of fused-ring (bicyclic) bond motifs is 2. The summed E-state index contributed by atoms with van der Waals surface area (Å²) in [4.78, 5) is 40.8. The number of thiazole rings is 1. The number of hydrogen-bond acceptors (Lipinski definition) is 8. The number of nitrogens with one attached hydrogen (secondary N) is 1. The van der Waals surface area contributed by atoms with Crippen LogP contribution in [-0.2, 0) is 13.0 Å². The third-order valence-corrected chi connectivity index (χ3v) is 7.84. The standard InChI is InChI=1S/C29H23N5O4S/c1-16-18(5-4-7-22(16)35)19-9-10-24(32-26(19)28(37)38)34-14-12-17-11-13-30-25(20(17)15-34)27(36)33-29-31-21-6-2-3-8-23(21)39-29/h2-11,13,35H,12,14-15H2,1H3,(H,37,38)(H,31,33,36). The van der Waals surface area contributed by atoms with Crippen molar-refractivity contribution in [2.45, 2.75) is 19.9 Å². The molecule has 5 aromatic rings. The van der Waals surface area contributed by atoms with Crippen molar-refractivity contribution in [1.82, 2.24) is 15.0 Å². The molecule has 0 spiro atoms. The number of pyridine rings is 2. The summed E-state index contributed by atoms with van der Waals surface area (Å²) < 4.78 is 0.978. The number of anilines is 2. The fourth-order valence-corrected chi connectivity index (χ4v) is 5.72. The molecule has 0 saturated heterocycles. The van der Waals surface area contributed by atoms with Crippen LogP contribution in [-0.4, -0.2) is 43.6 Å². The summed E-state index contributed by atoms with van der Waals surface area (Å²) in [7, 11) is 0. The Bertz CT molecular complexity index is 1730. The average molecular weight is 538 g/mol. The van der Waals surface area contributed by atoms with E-state index in [4.69, 9.17) is 0 Å². The van der Waals surface area contributed by atoms with E-state index in [9.17, 15) is 19.8 Å². The summed E-state index contributed by atoms with van der Waals surface area (Å²) in [6, 6.07) is 18.1. The molecule has 1 amide bonds. The van der Waals surface area contributed by atoms with E-state index in [0.717, 1.165) is 21.3 Å². The number of carbonyl (C=O) groups is 2. The van der Waals surface area contributed by atoms with Crippen molar-refractivity contribution in [3.8, 4) is 16.9 Å². The molecule has 1 aliphatic heterocycles. The highest BCUT2D eigenvalue weighted by Gasteiger charge is 2.26. The van der Waals surface area contributed by atoms with E-state index in [2.05, 4.69) is 20.3 Å². The van der Waals surface area contributed by atoms with Gasteiger partial charge in [0.2, 0.25) is 0 Å². The molecule has 0 radical (unpaired) electrons. The van der Waals surface area contributed by atoms with Crippen molar-refractivity contribution in [1.29, 1.82) is 0 Å². The van der Waals surface area contributed by atoms with Gasteiger partial charge in [-0.2, -0.15) is 0 Å². The molecule has 0 unspecified atom stereocenters. The molecule has 2 aromatic carbocycles. The Labute approximate surface area is 227 Å². The highest BCUT2D eigenvalue weighted by atomic mass is 32.1. The Hall–Kier alpha value is -4.83. The summed E-state index contributed by atoms with van der Waals surface area (Å²) >= 11 is 1.40. The van der Waals surface area contributed by atoms with E-state index in [0.29, 0.717) is 52.8 Å². The highest BCUT2D eigenvalue weighted by molar-refractivity contribution is 7.22. The number of hydrogen-bond donors (Lipinski definition) is 3. The van der Waals surface area contributed by atoms with Crippen LogP contribution in [0.2, 0.25) is 0 Å². The fraction of sp³-hybridized carbons (Fsp3) is 0.138. The van der Waals surface area contributed by atoms with Gasteiger partial charge in [-0.1, -0.05) is 35.6 Å². The Morgan fingerprint density at radius 3 is 2.64 bits per heavy atom. The van der Waals surface area contributed by atoms with Crippen molar-refractivity contribution in [3.63, 3.8) is 0 Å². The maximum absolute atomic E-state index is 13.3. The first-order valence-electron chi connectivity index (χ1n) is 12.3. The minimum absolute atomic E-state index is 0.0877. The van der Waals surface area contributed by atoms with Crippen molar-refractivity contribution in [3.05, 3.63) is 94.9 Å². The minimum Gasteiger partial charge on any atom is -0.508 e. The lowest BCUT2D eigenvalue weighted by Crippen LogP contribution is -2.33. The Balaban J connectivity index is 1.30. The fourth-order valence-electron chi connectivity index (χ4n) is 4.86. The van der Waals surface area contributed by atoms with Crippen LogP contribution in [0.3, 0.4) is 0 Å². The second-order valence-corrected chi connectivity index (χ2v) is 10.3. The number of rotatable bonds is 5. The van der Waals surface area contributed by atoms with E-state index in [-0.39, 0.29) is 17.4 Å². The number of phenols is 1. The first kappa shape index (κ1) is 24.5. The summed E-state index contributed by atoms with van der Waals surface area (Å²) in [5, 5.41) is 23.5. The van der Waals surface area contributed by atoms with E-state index < -0.39 is 5.97 Å². The quantitative estimate of drug-likeness (QED) is 0.276. The van der Waals surface area contributed by atoms with Gasteiger partial charge in [-0.05, 0) is 66.4 Å². The maximum Gasteiger partial charge on any atom is 0.355 e. The molecule has 10 heteroatoms. The molecule has 0 aliphatic carbocycles. The molecular weight excluding hydrogens is 514 g/mol. The zero-order chi connectivity index (χ0) is 27.1. The number of phenolic OH excluding ortho intramolecular Hbond substituents is 1. The maximum atomic E-state index is 13.3. The number of carboxylic acid groups (broad SMARTS) is 1. The van der Waals surface area contributed by atoms with Crippen LogP contribution in [0.15, 0.2) is 66.9 Å². The summed E-state index contributed by atoms with van der Waals surface area (Å²) in [5.74, 6) is -0.933. The van der Waals surface area contributed by atoms with Crippen molar-refractivity contribution in [2.75, 3.05) is 16.8 Å². The predicted molar refractivity (Wildman–Crippen MR) is 150 cm³/mol. The van der Waals surface area contributed by atoms with Crippen LogP contribution < -0.4 is 10.2 Å². The SMILES string of the molecule is Cc1c(O)cccc1-c1ccc(N2CCc3ccnc(C(=O)Nc4nc5ccccc5s4)c3C2)nc1C(=O)O. The Kier molecular flexibility index (Phi) is 6.16. The lowest BCUT2D eigenvalue weighted by atomic mass is 9.97. The van der Waals surface area contributed by atoms with Crippen molar-refractivity contribution < 1.29 is 19.8 Å². The number of amides is 1. The number of nitrogens with zero attached hydrogens (tertiary/aromatic N) is 4. The van der Waals surface area contributed by atoms with Gasteiger partial charge in [0, 0.05) is 30.4 Å². The normalized spacial score (nSPS) is 12.8. The third-order valence-electron chi connectivity index (χ3n) is 6.88. The van der Waals surface area contributed by atoms with Gasteiger partial charge in [0.05, 0.1) is 10.2 Å². The second-order valence-electron chi connectivity index (χ2n) is 9.23. The molecule has 4 heterocycles. The van der Waals surface area contributed by atoms with Gasteiger partial charge < -0.3 is 15.1 Å². The summed E-state index contributed by atoms with van der Waals surface area (Å²) in [6.07, 6.45) is 2.28. The van der Waals surface area contributed by atoms with Crippen LogP contribution in [0.1, 0.15) is 37.7 Å². The third kappa shape index (κ3) is 4.55. The van der Waals surface area contributed by atoms with Crippen molar-refractivity contribution in [2.24, 2.45) is 0 Å². The van der Waals surface area contributed by atoms with E-state index in [1.54, 1.807) is 43.5 Å². The number of carboxylic acids is 1. The van der Waals surface area contributed by atoms with Gasteiger partial charge in [0.15, 0.2) is 10.8 Å². The van der Waals surface area contributed by atoms with Gasteiger partial charge in [0.1, 0.15) is 17.3 Å². The first-order valence-corrected chi connectivity index (χ1v) is 13.1. The summed E-state index contributed by atoms with van der Waals surface area (Å²) in [5.41, 5.74) is 4.42. The summed E-state index contributed by atoms with van der Waals surface area (Å²) in [6.45, 7) is 2.69. The van der Waals surface area contributed by atoms with Crippen LogP contribution in [0, 0.1) is 6.92 Å². The molecule has 0 bridgehead atoms. The van der Waals surface area contributed by atoms with Gasteiger partial charge in [-0.25, -0.2) is 14.8 Å². The van der Waals surface area contributed by atoms with Crippen LogP contribution >= 0.6 is 11.3 Å². The predicted octanol–water partition coefficient (Wildman–Crippen LogP) is 5.28. The Morgan fingerprint density at radius 2 is 1.82 bits per heavy atom. The van der Waals surface area contributed by atoms with Gasteiger partial charge >= 0.3 is 5.97 Å². The lowest BCUT2D eigenvalue weighted by molar-refractivity contribution is 0.0691. The topological polar surface area (TPSA) is 129 Å². The van der Waals surface area contributed by atoms with E-state index in [1.807, 2.05) is 35.2 Å². The zero-order valence-electron chi connectivity index (χ0n) is 20.9. The van der Waals surface area contributed by atoms with Crippen LogP contribution in [0.5, 0.6) is 5.75 Å². The average Bonchev–Trinajstić information content (AvgIpc) is 3.36. The molecule has 0 fully saturated rings. The molecule has 3 N–H and O–H groups in total. The number of aromatic nitrogens is 3. The molecule has 194 valence electrons. The molecule has 39 heavy (non-hydrogen) atoms. The number of aromatic carboxylic acids is 1. The zero-order valence-corrected chi connectivity index (χ0v) is 21.7. The molecule has 1 aliphatic rings. The second kappa shape index (κ2) is 9.80. The van der Waals surface area contributed by atoms with Gasteiger partial charge in [-0.15, -0.1) is 0 Å². The number of para-hydroxylation sites is 1. The molecule has 3 aromatic heterocycles.